The number of allylic oxidation sites excluding steroid dienone is 1. The maximum atomic E-state index is 9.35. The molecule has 0 saturated heterocycles. The quantitative estimate of drug-likeness (QED) is 0.483. The van der Waals surface area contributed by atoms with Crippen LogP contribution in [-0.4, -0.2) is 11.2 Å². The zero-order valence-corrected chi connectivity index (χ0v) is 5.46. The molecule has 0 spiro atoms. The highest BCUT2D eigenvalue weighted by Gasteiger charge is 2.34. The topological polar surface area (TPSA) is 20.2 Å². The summed E-state index contributed by atoms with van der Waals surface area (Å²) < 4.78 is 0. The SMILES string of the molecule is OC1CC[C@H]2CC=C[C@@H]12. The first-order chi connectivity index (χ1) is 4.38. The van der Waals surface area contributed by atoms with Gasteiger partial charge in [-0.05, 0) is 25.2 Å². The highest BCUT2D eigenvalue weighted by Crippen LogP contribution is 2.39. The molecule has 1 nitrogen and oxygen atoms in total. The molecule has 2 rings (SSSR count). The minimum Gasteiger partial charge on any atom is -0.393 e. The monoisotopic (exact) mass is 124 g/mol. The Labute approximate surface area is 55.4 Å². The number of hydrogen-bond donors (Lipinski definition) is 1. The summed E-state index contributed by atoms with van der Waals surface area (Å²) in [7, 11) is 0. The zero-order valence-electron chi connectivity index (χ0n) is 5.46. The Morgan fingerprint density at radius 2 is 2.22 bits per heavy atom. The van der Waals surface area contributed by atoms with Crippen LogP contribution in [0.25, 0.3) is 0 Å². The summed E-state index contributed by atoms with van der Waals surface area (Å²) in [6.45, 7) is 0. The molecular formula is C8H12O. The molecule has 0 amide bonds. The Morgan fingerprint density at radius 3 is 3.00 bits per heavy atom. The highest BCUT2D eigenvalue weighted by atomic mass is 16.3. The van der Waals surface area contributed by atoms with Gasteiger partial charge in [0.25, 0.3) is 0 Å². The predicted molar refractivity (Wildman–Crippen MR) is 36.0 cm³/mol. The molecule has 0 bridgehead atoms. The van der Waals surface area contributed by atoms with Crippen molar-refractivity contribution in [3.8, 4) is 0 Å². The fourth-order valence-corrected chi connectivity index (χ4v) is 2.05. The van der Waals surface area contributed by atoms with Crippen LogP contribution in [0.4, 0.5) is 0 Å². The van der Waals surface area contributed by atoms with Gasteiger partial charge < -0.3 is 5.11 Å². The molecule has 1 N–H and O–H groups in total. The van der Waals surface area contributed by atoms with E-state index in [1.165, 1.54) is 12.8 Å². The van der Waals surface area contributed by atoms with E-state index in [9.17, 15) is 5.11 Å². The lowest BCUT2D eigenvalue weighted by Gasteiger charge is -2.09. The second kappa shape index (κ2) is 1.84. The maximum Gasteiger partial charge on any atom is 0.0605 e. The fraction of sp³-hybridized carbons (Fsp3) is 0.750. The lowest BCUT2D eigenvalue weighted by Crippen LogP contribution is -2.12. The number of aliphatic hydroxyl groups is 1. The van der Waals surface area contributed by atoms with Crippen LogP contribution < -0.4 is 0 Å². The van der Waals surface area contributed by atoms with Gasteiger partial charge >= 0.3 is 0 Å². The van der Waals surface area contributed by atoms with Crippen molar-refractivity contribution in [3.05, 3.63) is 12.2 Å². The van der Waals surface area contributed by atoms with Crippen molar-refractivity contribution in [3.63, 3.8) is 0 Å². The minimum absolute atomic E-state index is 0.0197. The lowest BCUT2D eigenvalue weighted by atomic mass is 9.99. The molecule has 0 heterocycles. The van der Waals surface area contributed by atoms with Crippen molar-refractivity contribution in [2.45, 2.75) is 25.4 Å². The van der Waals surface area contributed by atoms with Crippen molar-refractivity contribution in [2.75, 3.05) is 0 Å². The Hall–Kier alpha value is -0.300. The number of rotatable bonds is 0. The van der Waals surface area contributed by atoms with Crippen molar-refractivity contribution in [1.82, 2.24) is 0 Å². The Bertz CT molecular complexity index is 140. The fourth-order valence-electron chi connectivity index (χ4n) is 2.05. The van der Waals surface area contributed by atoms with Crippen LogP contribution in [0, 0.1) is 11.8 Å². The first-order valence-corrected chi connectivity index (χ1v) is 3.72. The van der Waals surface area contributed by atoms with E-state index in [-0.39, 0.29) is 6.10 Å². The predicted octanol–water partition coefficient (Wildman–Crippen LogP) is 1.33. The van der Waals surface area contributed by atoms with Crippen LogP contribution in [-0.2, 0) is 0 Å². The van der Waals surface area contributed by atoms with Gasteiger partial charge in [-0.15, -0.1) is 0 Å². The molecule has 0 aromatic carbocycles. The van der Waals surface area contributed by atoms with Gasteiger partial charge in [0, 0.05) is 5.92 Å². The van der Waals surface area contributed by atoms with Gasteiger partial charge in [-0.2, -0.15) is 0 Å². The Balaban J connectivity index is 2.15. The second-order valence-electron chi connectivity index (χ2n) is 3.15. The van der Waals surface area contributed by atoms with E-state index in [1.807, 2.05) is 0 Å². The molecular weight excluding hydrogens is 112 g/mol. The van der Waals surface area contributed by atoms with E-state index >= 15 is 0 Å². The van der Waals surface area contributed by atoms with Crippen LogP contribution in [0.15, 0.2) is 12.2 Å². The molecule has 50 valence electrons. The molecule has 2 aliphatic carbocycles. The van der Waals surface area contributed by atoms with Crippen molar-refractivity contribution in [1.29, 1.82) is 0 Å². The maximum absolute atomic E-state index is 9.35. The van der Waals surface area contributed by atoms with E-state index in [0.717, 1.165) is 12.3 Å². The lowest BCUT2D eigenvalue weighted by molar-refractivity contribution is 0.146. The average molecular weight is 124 g/mol. The van der Waals surface area contributed by atoms with Gasteiger partial charge in [0.15, 0.2) is 0 Å². The Kier molecular flexibility index (Phi) is 1.12. The highest BCUT2D eigenvalue weighted by molar-refractivity contribution is 5.06. The summed E-state index contributed by atoms with van der Waals surface area (Å²) in [6, 6.07) is 0. The summed E-state index contributed by atoms with van der Waals surface area (Å²) in [4.78, 5) is 0. The van der Waals surface area contributed by atoms with Crippen molar-refractivity contribution < 1.29 is 5.11 Å². The summed E-state index contributed by atoms with van der Waals surface area (Å²) in [5, 5.41) is 9.35. The first kappa shape index (κ1) is 5.48. The third-order valence-electron chi connectivity index (χ3n) is 2.62. The van der Waals surface area contributed by atoms with E-state index in [1.54, 1.807) is 0 Å². The summed E-state index contributed by atoms with van der Waals surface area (Å²) in [5.41, 5.74) is 0. The van der Waals surface area contributed by atoms with Crippen LogP contribution >= 0.6 is 0 Å². The van der Waals surface area contributed by atoms with E-state index < -0.39 is 0 Å². The van der Waals surface area contributed by atoms with Crippen LogP contribution in [0.1, 0.15) is 19.3 Å². The molecule has 0 radical (unpaired) electrons. The van der Waals surface area contributed by atoms with Gasteiger partial charge in [0.1, 0.15) is 0 Å². The molecule has 9 heavy (non-hydrogen) atoms. The molecule has 1 unspecified atom stereocenters. The van der Waals surface area contributed by atoms with E-state index in [0.29, 0.717) is 5.92 Å². The number of aliphatic hydroxyl groups excluding tert-OH is 1. The smallest absolute Gasteiger partial charge is 0.0605 e. The standard InChI is InChI=1S/C8H12O/c9-8-5-4-6-2-1-3-7(6)8/h1,3,6-9H,2,4-5H2/t6-,7-,8?/m1/s1. The van der Waals surface area contributed by atoms with Crippen molar-refractivity contribution >= 4 is 0 Å². The summed E-state index contributed by atoms with van der Waals surface area (Å²) in [5.74, 6) is 1.31. The van der Waals surface area contributed by atoms with E-state index in [4.69, 9.17) is 0 Å². The first-order valence-electron chi connectivity index (χ1n) is 3.72. The van der Waals surface area contributed by atoms with Gasteiger partial charge in [-0.25, -0.2) is 0 Å². The molecule has 2 aliphatic rings. The Morgan fingerprint density at radius 1 is 1.33 bits per heavy atom. The van der Waals surface area contributed by atoms with Crippen LogP contribution in [0.3, 0.4) is 0 Å². The molecule has 0 aromatic heterocycles. The second-order valence-corrected chi connectivity index (χ2v) is 3.15. The molecule has 1 fully saturated rings. The molecule has 1 saturated carbocycles. The number of fused-ring (bicyclic) bond motifs is 1. The molecule has 3 atom stereocenters. The number of hydrogen-bond acceptors (Lipinski definition) is 1. The molecule has 0 aromatic rings. The minimum atomic E-state index is -0.0197. The van der Waals surface area contributed by atoms with Gasteiger partial charge in [-0.1, -0.05) is 12.2 Å². The van der Waals surface area contributed by atoms with E-state index in [2.05, 4.69) is 12.2 Å². The largest absolute Gasteiger partial charge is 0.393 e. The molecule has 1 heteroatoms. The third kappa shape index (κ3) is 0.715. The van der Waals surface area contributed by atoms with Gasteiger partial charge in [-0.3, -0.25) is 0 Å². The average Bonchev–Trinajstić information content (AvgIpc) is 2.35. The zero-order chi connectivity index (χ0) is 6.27. The van der Waals surface area contributed by atoms with Crippen LogP contribution in [0.2, 0.25) is 0 Å². The summed E-state index contributed by atoms with van der Waals surface area (Å²) in [6.07, 6.45) is 7.84. The van der Waals surface area contributed by atoms with Crippen molar-refractivity contribution in [2.24, 2.45) is 11.8 Å². The van der Waals surface area contributed by atoms with Gasteiger partial charge in [0.2, 0.25) is 0 Å². The normalized spacial score (nSPS) is 47.9. The van der Waals surface area contributed by atoms with Gasteiger partial charge in [0.05, 0.1) is 6.10 Å². The third-order valence-corrected chi connectivity index (χ3v) is 2.62. The van der Waals surface area contributed by atoms with Crippen LogP contribution in [0.5, 0.6) is 0 Å². The summed E-state index contributed by atoms with van der Waals surface area (Å²) >= 11 is 0. The molecule has 0 aliphatic heterocycles.